The molecule has 0 aliphatic heterocycles. The van der Waals surface area contributed by atoms with E-state index in [0.717, 1.165) is 12.8 Å². The molecule has 3 atom stereocenters. The predicted molar refractivity (Wildman–Crippen MR) is 68.2 cm³/mol. The standard InChI is InChI=1S/C12H26O3Si/c1-8(2)12(3,4)16-15-10-7-5-6-9(13)11(10)14/h8-11,13-14H,5-7,16H2,1-4H3/t9-,10-,11-/m1/s1. The van der Waals surface area contributed by atoms with Crippen LogP contribution in [0, 0.1) is 5.92 Å². The molecule has 0 aromatic rings. The summed E-state index contributed by atoms with van der Waals surface area (Å²) in [6.45, 7) is 8.88. The Labute approximate surface area is 101 Å². The largest absolute Gasteiger partial charge is 0.418 e. The number of aliphatic hydroxyl groups excluding tert-OH is 2. The minimum atomic E-state index is -0.679. The molecule has 4 heteroatoms. The summed E-state index contributed by atoms with van der Waals surface area (Å²) in [5.41, 5.74) is 0. The van der Waals surface area contributed by atoms with Gasteiger partial charge in [-0.2, -0.15) is 0 Å². The van der Waals surface area contributed by atoms with Gasteiger partial charge in [-0.25, -0.2) is 0 Å². The summed E-state index contributed by atoms with van der Waals surface area (Å²) in [4.78, 5) is 0. The highest BCUT2D eigenvalue weighted by molar-refractivity contribution is 6.32. The van der Waals surface area contributed by atoms with E-state index in [4.69, 9.17) is 4.43 Å². The fraction of sp³-hybridized carbons (Fsp3) is 1.00. The molecule has 16 heavy (non-hydrogen) atoms. The van der Waals surface area contributed by atoms with Crippen LogP contribution in [-0.4, -0.2) is 38.3 Å². The minimum absolute atomic E-state index is 0.131. The highest BCUT2D eigenvalue weighted by atomic mass is 28.2. The number of hydrogen-bond donors (Lipinski definition) is 2. The quantitative estimate of drug-likeness (QED) is 0.733. The van der Waals surface area contributed by atoms with Gasteiger partial charge in [0.2, 0.25) is 0 Å². The van der Waals surface area contributed by atoms with Crippen molar-refractivity contribution in [2.45, 2.75) is 70.3 Å². The second-order valence-corrected chi connectivity index (χ2v) is 8.43. The Kier molecular flexibility index (Phi) is 4.98. The first kappa shape index (κ1) is 14.2. The van der Waals surface area contributed by atoms with E-state index in [9.17, 15) is 10.2 Å². The van der Waals surface area contributed by atoms with Crippen LogP contribution in [0.15, 0.2) is 0 Å². The molecule has 0 radical (unpaired) electrons. The molecule has 0 heterocycles. The summed E-state index contributed by atoms with van der Waals surface area (Å²) >= 11 is 0. The number of rotatable bonds is 4. The van der Waals surface area contributed by atoms with Gasteiger partial charge in [0.15, 0.2) is 9.76 Å². The summed E-state index contributed by atoms with van der Waals surface area (Å²) in [5.74, 6) is 0.602. The van der Waals surface area contributed by atoms with Crippen LogP contribution in [0.5, 0.6) is 0 Å². The first-order chi connectivity index (χ1) is 7.34. The van der Waals surface area contributed by atoms with Crippen LogP contribution in [0.4, 0.5) is 0 Å². The van der Waals surface area contributed by atoms with E-state index in [1.165, 1.54) is 0 Å². The molecule has 0 bridgehead atoms. The van der Waals surface area contributed by atoms with E-state index in [1.807, 2.05) is 0 Å². The zero-order chi connectivity index (χ0) is 12.3. The van der Waals surface area contributed by atoms with Crippen LogP contribution in [0.2, 0.25) is 5.04 Å². The van der Waals surface area contributed by atoms with E-state index >= 15 is 0 Å². The van der Waals surface area contributed by atoms with Crippen LogP contribution >= 0.6 is 0 Å². The van der Waals surface area contributed by atoms with Gasteiger partial charge in [-0.05, 0) is 30.2 Å². The summed E-state index contributed by atoms with van der Waals surface area (Å²) < 4.78 is 5.92. The van der Waals surface area contributed by atoms with E-state index in [2.05, 4.69) is 27.7 Å². The molecular weight excluding hydrogens is 220 g/mol. The van der Waals surface area contributed by atoms with Crippen LogP contribution in [-0.2, 0) is 4.43 Å². The molecule has 3 nitrogen and oxygen atoms in total. The van der Waals surface area contributed by atoms with Gasteiger partial charge in [-0.15, -0.1) is 0 Å². The third-order valence-corrected chi connectivity index (χ3v) is 6.15. The van der Waals surface area contributed by atoms with Crippen molar-refractivity contribution in [2.75, 3.05) is 0 Å². The molecule has 1 saturated carbocycles. The van der Waals surface area contributed by atoms with Crippen molar-refractivity contribution < 1.29 is 14.6 Å². The van der Waals surface area contributed by atoms with Crippen molar-refractivity contribution in [1.82, 2.24) is 0 Å². The molecule has 1 rings (SSSR count). The molecule has 0 aromatic heterocycles. The van der Waals surface area contributed by atoms with Gasteiger partial charge >= 0.3 is 0 Å². The Hall–Kier alpha value is 0.0969. The summed E-state index contributed by atoms with van der Waals surface area (Å²) in [7, 11) is -0.679. The van der Waals surface area contributed by atoms with Gasteiger partial charge in [-0.3, -0.25) is 0 Å². The molecular formula is C12H26O3Si. The molecule has 0 spiro atoms. The lowest BCUT2D eigenvalue weighted by atomic mass is 9.92. The minimum Gasteiger partial charge on any atom is -0.418 e. The van der Waals surface area contributed by atoms with Gasteiger partial charge in [0.25, 0.3) is 0 Å². The van der Waals surface area contributed by atoms with Crippen LogP contribution in [0.3, 0.4) is 0 Å². The van der Waals surface area contributed by atoms with Crippen molar-refractivity contribution >= 4 is 9.76 Å². The lowest BCUT2D eigenvalue weighted by molar-refractivity contribution is -0.0754. The smallest absolute Gasteiger partial charge is 0.167 e. The lowest BCUT2D eigenvalue weighted by Crippen LogP contribution is -2.44. The summed E-state index contributed by atoms with van der Waals surface area (Å²) in [6, 6.07) is 0. The fourth-order valence-corrected chi connectivity index (χ4v) is 3.13. The summed E-state index contributed by atoms with van der Waals surface area (Å²) in [6.07, 6.45) is 1.15. The molecule has 0 aromatic carbocycles. The Balaban J connectivity index is 2.42. The maximum Gasteiger partial charge on any atom is 0.167 e. The second kappa shape index (κ2) is 5.62. The monoisotopic (exact) mass is 246 g/mol. The first-order valence-electron chi connectivity index (χ1n) is 6.32. The van der Waals surface area contributed by atoms with Gasteiger partial charge in [0.1, 0.15) is 6.10 Å². The molecule has 1 aliphatic rings. The second-order valence-electron chi connectivity index (χ2n) is 5.98. The van der Waals surface area contributed by atoms with Crippen molar-refractivity contribution in [3.05, 3.63) is 0 Å². The Morgan fingerprint density at radius 3 is 2.44 bits per heavy atom. The van der Waals surface area contributed by atoms with Crippen molar-refractivity contribution in [1.29, 1.82) is 0 Å². The molecule has 0 saturated heterocycles. The van der Waals surface area contributed by atoms with Gasteiger partial charge in [-0.1, -0.05) is 27.7 Å². The molecule has 96 valence electrons. The lowest BCUT2D eigenvalue weighted by Gasteiger charge is -2.36. The Morgan fingerprint density at radius 1 is 1.25 bits per heavy atom. The van der Waals surface area contributed by atoms with Crippen molar-refractivity contribution in [2.24, 2.45) is 5.92 Å². The van der Waals surface area contributed by atoms with Gasteiger partial charge in [0.05, 0.1) is 12.2 Å². The topological polar surface area (TPSA) is 49.7 Å². The van der Waals surface area contributed by atoms with E-state index < -0.39 is 22.0 Å². The first-order valence-corrected chi connectivity index (χ1v) is 7.61. The van der Waals surface area contributed by atoms with E-state index in [-0.39, 0.29) is 11.1 Å². The average Bonchev–Trinajstić information content (AvgIpc) is 2.20. The molecule has 0 unspecified atom stereocenters. The van der Waals surface area contributed by atoms with Crippen LogP contribution in [0.25, 0.3) is 0 Å². The van der Waals surface area contributed by atoms with Crippen LogP contribution in [0.1, 0.15) is 47.0 Å². The highest BCUT2D eigenvalue weighted by Gasteiger charge is 2.33. The van der Waals surface area contributed by atoms with Crippen molar-refractivity contribution in [3.63, 3.8) is 0 Å². The third-order valence-electron chi connectivity index (χ3n) is 4.00. The Bertz CT molecular complexity index is 218. The fourth-order valence-electron chi connectivity index (χ4n) is 1.79. The normalized spacial score (nSPS) is 32.8. The SMILES string of the molecule is CC(C)C(C)(C)[SiH2]O[C@@H]1CCC[C@@H](O)[C@H]1O. The zero-order valence-electron chi connectivity index (χ0n) is 10.9. The maximum absolute atomic E-state index is 9.82. The molecule has 1 fully saturated rings. The maximum atomic E-state index is 9.82. The number of hydrogen-bond acceptors (Lipinski definition) is 3. The van der Waals surface area contributed by atoms with E-state index in [1.54, 1.807) is 0 Å². The number of aliphatic hydroxyl groups is 2. The van der Waals surface area contributed by atoms with Crippen LogP contribution < -0.4 is 0 Å². The van der Waals surface area contributed by atoms with Gasteiger partial charge in [0, 0.05) is 0 Å². The van der Waals surface area contributed by atoms with Crippen molar-refractivity contribution in [3.8, 4) is 0 Å². The Morgan fingerprint density at radius 2 is 1.88 bits per heavy atom. The highest BCUT2D eigenvalue weighted by Crippen LogP contribution is 2.34. The predicted octanol–water partition coefficient (Wildman–Crippen LogP) is 1.22. The molecule has 0 amide bonds. The third kappa shape index (κ3) is 3.55. The molecule has 2 N–H and O–H groups in total. The van der Waals surface area contributed by atoms with Gasteiger partial charge < -0.3 is 14.6 Å². The van der Waals surface area contributed by atoms with E-state index in [0.29, 0.717) is 12.3 Å². The molecule has 1 aliphatic carbocycles. The average molecular weight is 246 g/mol. The zero-order valence-corrected chi connectivity index (χ0v) is 12.4. The summed E-state index contributed by atoms with van der Waals surface area (Å²) in [5, 5.41) is 19.6.